The first-order valence-corrected chi connectivity index (χ1v) is 17.4. The second-order valence-electron chi connectivity index (χ2n) is 16.5. The Labute approximate surface area is 312 Å². The molecule has 0 saturated carbocycles. The predicted octanol–water partition coefficient (Wildman–Crippen LogP) is 2.37. The molecule has 0 aliphatic rings. The van der Waals surface area contributed by atoms with Crippen LogP contribution in [-0.2, 0) is 42.9 Å². The standard InChI is InChI=1S/C35H62N6O12/c1-31(2,3)50-27(46)14-13-24(43)39-20-35(16-15-23(42)17-36-28(47)51-32(4,5)6,21-40-25(44)18-37-29(48)52-33(7,8)9)22-41-26(45)19-38-30(49)53-34(10,11)12/h13-22H2,1-12H3,(H,36,47)(H,37,48)(H,38,49)(H,39,43)(H,40,44)(H,41,45). The number of hydrogen-bond donors (Lipinski definition) is 6. The molecule has 0 heterocycles. The molecule has 0 rings (SSSR count). The van der Waals surface area contributed by atoms with Gasteiger partial charge < -0.3 is 50.8 Å². The summed E-state index contributed by atoms with van der Waals surface area (Å²) in [6.45, 7) is 18.0. The van der Waals surface area contributed by atoms with Crippen molar-refractivity contribution in [3.05, 3.63) is 0 Å². The van der Waals surface area contributed by atoms with Gasteiger partial charge in [0.05, 0.1) is 26.1 Å². The van der Waals surface area contributed by atoms with Gasteiger partial charge in [-0.25, -0.2) is 14.4 Å². The lowest BCUT2D eigenvalue weighted by molar-refractivity contribution is -0.155. The Morgan fingerprint density at radius 3 is 1.09 bits per heavy atom. The van der Waals surface area contributed by atoms with Crippen molar-refractivity contribution >= 4 is 47.8 Å². The fraction of sp³-hybridized carbons (Fsp3) is 0.771. The number of alkyl carbamates (subject to hydrolysis) is 3. The number of carbonyl (C=O) groups is 8. The zero-order valence-corrected chi connectivity index (χ0v) is 33.5. The maximum atomic E-state index is 12.9. The lowest BCUT2D eigenvalue weighted by Crippen LogP contribution is -2.54. The first-order chi connectivity index (χ1) is 24.0. The van der Waals surface area contributed by atoms with Gasteiger partial charge in [0.25, 0.3) is 0 Å². The highest BCUT2D eigenvalue weighted by atomic mass is 16.6. The molecule has 6 amide bonds. The van der Waals surface area contributed by atoms with Gasteiger partial charge in [-0.05, 0) is 89.5 Å². The van der Waals surface area contributed by atoms with Gasteiger partial charge in [-0.1, -0.05) is 0 Å². The lowest BCUT2D eigenvalue weighted by Gasteiger charge is -2.34. The smallest absolute Gasteiger partial charge is 0.408 e. The van der Waals surface area contributed by atoms with Gasteiger partial charge in [-0.15, -0.1) is 0 Å². The summed E-state index contributed by atoms with van der Waals surface area (Å²) in [6, 6.07) is 0. The van der Waals surface area contributed by atoms with Crippen LogP contribution in [0.1, 0.15) is 109 Å². The molecular formula is C35H62N6O12. The Bertz CT molecular complexity index is 1090. The molecule has 0 aromatic carbocycles. The molecule has 0 aliphatic carbocycles. The van der Waals surface area contributed by atoms with Gasteiger partial charge in [0, 0.05) is 37.9 Å². The van der Waals surface area contributed by atoms with Crippen molar-refractivity contribution in [1.82, 2.24) is 31.9 Å². The summed E-state index contributed by atoms with van der Waals surface area (Å²) in [7, 11) is 0. The van der Waals surface area contributed by atoms with Crippen molar-refractivity contribution in [2.75, 3.05) is 39.3 Å². The monoisotopic (exact) mass is 758 g/mol. The van der Waals surface area contributed by atoms with Crippen molar-refractivity contribution in [3.63, 3.8) is 0 Å². The molecule has 53 heavy (non-hydrogen) atoms. The van der Waals surface area contributed by atoms with Crippen molar-refractivity contribution in [2.24, 2.45) is 5.41 Å². The zero-order valence-electron chi connectivity index (χ0n) is 33.5. The van der Waals surface area contributed by atoms with Crippen LogP contribution in [0.4, 0.5) is 14.4 Å². The second kappa shape index (κ2) is 21.2. The first kappa shape index (κ1) is 48.4. The van der Waals surface area contributed by atoms with E-state index in [4.69, 9.17) is 18.9 Å². The molecule has 0 aromatic rings. The SMILES string of the molecule is CC(C)(C)OC(=O)CCC(=O)NCC(CCC(=O)CNC(=O)OC(C)(C)C)(CNC(=O)CNC(=O)OC(C)(C)C)CNC(=O)CNC(=O)OC(C)(C)C. The zero-order chi connectivity index (χ0) is 41.3. The Balaban J connectivity index is 6.09. The van der Waals surface area contributed by atoms with Crippen molar-refractivity contribution < 1.29 is 57.3 Å². The molecule has 0 saturated heterocycles. The number of Topliss-reactive ketones (excluding diaryl/α,β-unsaturated/α-hetero) is 1. The maximum absolute atomic E-state index is 12.9. The Morgan fingerprint density at radius 1 is 0.396 bits per heavy atom. The van der Waals surface area contributed by atoms with E-state index in [1.54, 1.807) is 83.1 Å². The largest absolute Gasteiger partial charge is 0.460 e. The molecule has 18 heteroatoms. The number of rotatable bonds is 18. The Hall–Kier alpha value is -4.64. The van der Waals surface area contributed by atoms with E-state index in [1.165, 1.54) is 0 Å². The molecule has 0 fully saturated rings. The van der Waals surface area contributed by atoms with Crippen LogP contribution >= 0.6 is 0 Å². The molecule has 0 radical (unpaired) electrons. The molecule has 0 bridgehead atoms. The molecule has 0 aliphatic heterocycles. The average Bonchev–Trinajstić information content (AvgIpc) is 2.96. The van der Waals surface area contributed by atoms with Crippen molar-refractivity contribution in [1.29, 1.82) is 0 Å². The summed E-state index contributed by atoms with van der Waals surface area (Å²) < 4.78 is 20.7. The minimum Gasteiger partial charge on any atom is -0.460 e. The van der Waals surface area contributed by atoms with E-state index in [0.717, 1.165) is 0 Å². The molecule has 0 spiro atoms. The van der Waals surface area contributed by atoms with Gasteiger partial charge in [0.2, 0.25) is 17.7 Å². The van der Waals surface area contributed by atoms with E-state index in [1.807, 2.05) is 0 Å². The van der Waals surface area contributed by atoms with Crippen LogP contribution in [0.15, 0.2) is 0 Å². The number of esters is 1. The van der Waals surface area contributed by atoms with E-state index in [9.17, 15) is 38.4 Å². The van der Waals surface area contributed by atoms with Crippen LogP contribution in [0.25, 0.3) is 0 Å². The highest BCUT2D eigenvalue weighted by molar-refractivity contribution is 5.85. The van der Waals surface area contributed by atoms with Crippen LogP contribution in [-0.4, -0.2) is 109 Å². The second-order valence-corrected chi connectivity index (χ2v) is 16.5. The maximum Gasteiger partial charge on any atom is 0.408 e. The van der Waals surface area contributed by atoms with Crippen LogP contribution in [0.3, 0.4) is 0 Å². The normalized spacial score (nSPS) is 12.0. The van der Waals surface area contributed by atoms with Crippen LogP contribution < -0.4 is 31.9 Å². The molecule has 304 valence electrons. The third-order valence-electron chi connectivity index (χ3n) is 6.31. The summed E-state index contributed by atoms with van der Waals surface area (Å²) in [5.41, 5.74) is -4.40. The minimum atomic E-state index is -1.24. The van der Waals surface area contributed by atoms with E-state index in [-0.39, 0.29) is 51.9 Å². The van der Waals surface area contributed by atoms with Gasteiger partial charge in [0.1, 0.15) is 22.4 Å². The van der Waals surface area contributed by atoms with E-state index in [2.05, 4.69) is 31.9 Å². The quantitative estimate of drug-likeness (QED) is 0.0872. The summed E-state index contributed by atoms with van der Waals surface area (Å²) in [5.74, 6) is -2.85. The molecular weight excluding hydrogens is 696 g/mol. The third-order valence-corrected chi connectivity index (χ3v) is 6.31. The van der Waals surface area contributed by atoms with E-state index >= 15 is 0 Å². The highest BCUT2D eigenvalue weighted by Crippen LogP contribution is 2.23. The average molecular weight is 759 g/mol. The Morgan fingerprint density at radius 2 is 0.736 bits per heavy atom. The molecule has 6 N–H and O–H groups in total. The van der Waals surface area contributed by atoms with Gasteiger partial charge in [-0.3, -0.25) is 24.0 Å². The van der Waals surface area contributed by atoms with E-state index in [0.29, 0.717) is 0 Å². The summed E-state index contributed by atoms with van der Waals surface area (Å²) in [4.78, 5) is 100. The number of nitrogens with one attached hydrogen (secondary N) is 6. The lowest BCUT2D eigenvalue weighted by atomic mass is 9.81. The summed E-state index contributed by atoms with van der Waals surface area (Å²) in [5, 5.41) is 15.1. The predicted molar refractivity (Wildman–Crippen MR) is 193 cm³/mol. The van der Waals surface area contributed by atoms with Crippen molar-refractivity contribution in [2.45, 2.75) is 131 Å². The van der Waals surface area contributed by atoms with E-state index < -0.39 is 88.7 Å². The fourth-order valence-corrected chi connectivity index (χ4v) is 4.04. The number of amides is 6. The minimum absolute atomic E-state index is 0.0340. The number of ether oxygens (including phenoxy) is 4. The highest BCUT2D eigenvalue weighted by Gasteiger charge is 2.33. The molecule has 0 atom stereocenters. The van der Waals surface area contributed by atoms with Gasteiger partial charge >= 0.3 is 24.2 Å². The van der Waals surface area contributed by atoms with Gasteiger partial charge in [-0.2, -0.15) is 0 Å². The number of ketones is 1. The van der Waals surface area contributed by atoms with Crippen molar-refractivity contribution in [3.8, 4) is 0 Å². The number of hydrogen-bond acceptors (Lipinski definition) is 12. The third kappa shape index (κ3) is 27.7. The van der Waals surface area contributed by atoms with Gasteiger partial charge in [0.15, 0.2) is 5.78 Å². The van der Waals surface area contributed by atoms with Crippen LogP contribution in [0.2, 0.25) is 0 Å². The molecule has 18 nitrogen and oxygen atoms in total. The van der Waals surface area contributed by atoms with Crippen LogP contribution in [0, 0.1) is 5.41 Å². The molecule has 0 unspecified atom stereocenters. The topological polar surface area (TPSA) is 246 Å². The molecule has 0 aromatic heterocycles. The number of carbonyl (C=O) groups excluding carboxylic acids is 8. The summed E-state index contributed by atoms with van der Waals surface area (Å²) >= 11 is 0. The fourth-order valence-electron chi connectivity index (χ4n) is 4.04. The summed E-state index contributed by atoms with van der Waals surface area (Å²) in [6.07, 6.45) is -3.13. The van der Waals surface area contributed by atoms with Crippen LogP contribution in [0.5, 0.6) is 0 Å². The first-order valence-electron chi connectivity index (χ1n) is 17.4. The Kier molecular flexibility index (Phi) is 19.3.